The summed E-state index contributed by atoms with van der Waals surface area (Å²) in [5.41, 5.74) is 0. The van der Waals surface area contributed by atoms with E-state index in [1.54, 1.807) is 0 Å². The number of ether oxygens (including phenoxy) is 3. The van der Waals surface area contributed by atoms with E-state index in [2.05, 4.69) is 0 Å². The number of rotatable bonds is 3. The first-order valence-electron chi connectivity index (χ1n) is 5.89. The minimum absolute atomic E-state index is 0.258. The van der Waals surface area contributed by atoms with Gasteiger partial charge in [0.05, 0.1) is 13.2 Å². The van der Waals surface area contributed by atoms with Crippen molar-refractivity contribution in [1.82, 2.24) is 0 Å². The Kier molecular flexibility index (Phi) is 4.71. The molecule has 0 amide bonds. The first-order valence-corrected chi connectivity index (χ1v) is 5.89. The molecule has 8 atom stereocenters. The number of hydrogen-bond acceptors (Lipinski definition) is 9. The van der Waals surface area contributed by atoms with Crippen LogP contribution in [0.4, 0.5) is 0 Å². The quantitative estimate of drug-likeness (QED) is 0.303. The molecule has 2 fully saturated rings. The van der Waals surface area contributed by atoms with Gasteiger partial charge in [-0.1, -0.05) is 0 Å². The lowest BCUT2D eigenvalue weighted by atomic mass is 10.1. The van der Waals surface area contributed by atoms with Crippen LogP contribution in [0.3, 0.4) is 0 Å². The smallest absolute Gasteiger partial charge is 0.186 e. The molecule has 0 saturated carbocycles. The maximum absolute atomic E-state index is 9.73. The Balaban J connectivity index is 1.97. The molecule has 2 saturated heterocycles. The Bertz CT molecular complexity index is 301. The lowest BCUT2D eigenvalue weighted by Crippen LogP contribution is -2.55. The highest BCUT2D eigenvalue weighted by molar-refractivity contribution is 4.89. The first-order chi connectivity index (χ1) is 8.95. The monoisotopic (exact) mass is 282 g/mol. The van der Waals surface area contributed by atoms with Crippen LogP contribution in [0.25, 0.3) is 0 Å². The predicted molar refractivity (Wildman–Crippen MR) is 56.6 cm³/mol. The molecular weight excluding hydrogens is 264 g/mol. The average molecular weight is 282 g/mol. The Morgan fingerprint density at radius 2 is 1.68 bits per heavy atom. The fourth-order valence-corrected chi connectivity index (χ4v) is 2.07. The molecule has 0 aromatic heterocycles. The van der Waals surface area contributed by atoms with Crippen LogP contribution in [-0.4, -0.2) is 93.1 Å². The molecule has 2 aliphatic rings. The number of aliphatic hydroxyl groups excluding tert-OH is 6. The Hall–Kier alpha value is -0.360. The van der Waals surface area contributed by atoms with Gasteiger partial charge in [-0.2, -0.15) is 0 Å². The Labute approximate surface area is 108 Å². The van der Waals surface area contributed by atoms with Crippen LogP contribution in [0.2, 0.25) is 0 Å². The molecule has 2 aliphatic heterocycles. The highest BCUT2D eigenvalue weighted by Crippen LogP contribution is 2.26. The molecule has 112 valence electrons. The zero-order chi connectivity index (χ0) is 14.2. The summed E-state index contributed by atoms with van der Waals surface area (Å²) >= 11 is 0. The molecule has 0 aromatic rings. The highest BCUT2D eigenvalue weighted by atomic mass is 16.7. The van der Waals surface area contributed by atoms with Gasteiger partial charge in [-0.3, -0.25) is 0 Å². The van der Waals surface area contributed by atoms with Crippen molar-refractivity contribution in [2.45, 2.75) is 49.2 Å². The summed E-state index contributed by atoms with van der Waals surface area (Å²) in [6, 6.07) is 0. The fourth-order valence-electron chi connectivity index (χ4n) is 2.07. The molecule has 0 unspecified atom stereocenters. The van der Waals surface area contributed by atoms with Gasteiger partial charge in [-0.25, -0.2) is 0 Å². The summed E-state index contributed by atoms with van der Waals surface area (Å²) in [5, 5.41) is 56.5. The standard InChI is InChI=1S/C10H18O9/c11-1-4-6(14)8(9(16)18-4)19-10-7(15)5(13)3(12)2-17-10/h3-16H,1-2H2/t3-,4-,5+,6-,7-,8+,9+,10+/m1/s1. The van der Waals surface area contributed by atoms with Crippen molar-refractivity contribution in [2.75, 3.05) is 13.2 Å². The second-order valence-electron chi connectivity index (χ2n) is 4.59. The van der Waals surface area contributed by atoms with E-state index in [1.807, 2.05) is 0 Å². The minimum atomic E-state index is -1.53. The third-order valence-electron chi connectivity index (χ3n) is 3.24. The summed E-state index contributed by atoms with van der Waals surface area (Å²) in [6.45, 7) is -0.764. The molecule has 0 aliphatic carbocycles. The molecule has 9 nitrogen and oxygen atoms in total. The van der Waals surface area contributed by atoms with Crippen LogP contribution in [0.1, 0.15) is 0 Å². The van der Waals surface area contributed by atoms with Gasteiger partial charge in [-0.15, -0.1) is 0 Å². The Morgan fingerprint density at radius 1 is 1.00 bits per heavy atom. The average Bonchev–Trinajstić information content (AvgIpc) is 2.66. The van der Waals surface area contributed by atoms with Gasteiger partial charge in [-0.05, 0) is 0 Å². The van der Waals surface area contributed by atoms with Crippen molar-refractivity contribution >= 4 is 0 Å². The second-order valence-corrected chi connectivity index (χ2v) is 4.59. The van der Waals surface area contributed by atoms with E-state index in [0.717, 1.165) is 0 Å². The largest absolute Gasteiger partial charge is 0.394 e. The summed E-state index contributed by atoms with van der Waals surface area (Å²) in [4.78, 5) is 0. The van der Waals surface area contributed by atoms with Gasteiger partial charge in [0.2, 0.25) is 0 Å². The van der Waals surface area contributed by atoms with Gasteiger partial charge in [0.1, 0.15) is 36.6 Å². The molecule has 2 heterocycles. The molecule has 9 heteroatoms. The molecule has 0 spiro atoms. The molecule has 19 heavy (non-hydrogen) atoms. The van der Waals surface area contributed by atoms with Crippen molar-refractivity contribution < 1.29 is 44.8 Å². The molecule has 0 radical (unpaired) electrons. The third kappa shape index (κ3) is 2.89. The fraction of sp³-hybridized carbons (Fsp3) is 1.00. The van der Waals surface area contributed by atoms with Crippen LogP contribution >= 0.6 is 0 Å². The van der Waals surface area contributed by atoms with E-state index in [4.69, 9.17) is 19.3 Å². The van der Waals surface area contributed by atoms with E-state index in [-0.39, 0.29) is 6.61 Å². The van der Waals surface area contributed by atoms with Crippen LogP contribution < -0.4 is 0 Å². The van der Waals surface area contributed by atoms with E-state index in [1.165, 1.54) is 0 Å². The lowest BCUT2D eigenvalue weighted by molar-refractivity contribution is -0.299. The first kappa shape index (κ1) is 15.0. The molecule has 0 aromatic carbocycles. The van der Waals surface area contributed by atoms with Gasteiger partial charge in [0.15, 0.2) is 12.6 Å². The van der Waals surface area contributed by atoms with E-state index < -0.39 is 55.8 Å². The van der Waals surface area contributed by atoms with Gasteiger partial charge in [0, 0.05) is 0 Å². The Morgan fingerprint density at radius 3 is 2.26 bits per heavy atom. The zero-order valence-electron chi connectivity index (χ0n) is 9.94. The van der Waals surface area contributed by atoms with Crippen molar-refractivity contribution in [3.63, 3.8) is 0 Å². The molecule has 2 rings (SSSR count). The minimum Gasteiger partial charge on any atom is -0.394 e. The topological polar surface area (TPSA) is 149 Å². The second kappa shape index (κ2) is 5.95. The normalized spacial score (nSPS) is 51.5. The van der Waals surface area contributed by atoms with Crippen LogP contribution in [0, 0.1) is 0 Å². The highest BCUT2D eigenvalue weighted by Gasteiger charge is 2.47. The predicted octanol–water partition coefficient (Wildman–Crippen LogP) is -4.12. The molecule has 6 N–H and O–H groups in total. The van der Waals surface area contributed by atoms with Gasteiger partial charge >= 0.3 is 0 Å². The van der Waals surface area contributed by atoms with Crippen molar-refractivity contribution in [3.05, 3.63) is 0 Å². The maximum Gasteiger partial charge on any atom is 0.186 e. The maximum atomic E-state index is 9.73. The van der Waals surface area contributed by atoms with E-state index in [0.29, 0.717) is 0 Å². The summed E-state index contributed by atoms with van der Waals surface area (Å²) in [7, 11) is 0. The molecule has 0 bridgehead atoms. The number of hydrogen-bond donors (Lipinski definition) is 6. The van der Waals surface area contributed by atoms with E-state index in [9.17, 15) is 25.5 Å². The third-order valence-corrected chi connectivity index (χ3v) is 3.24. The SMILES string of the molecule is OC[C@H]1O[C@H](O)[C@@H](O[C@@H]2OC[C@@H](O)[C@H](O)[C@H]2O)[C@@H]1O. The van der Waals surface area contributed by atoms with Crippen LogP contribution in [0.5, 0.6) is 0 Å². The van der Waals surface area contributed by atoms with Gasteiger partial charge < -0.3 is 44.8 Å². The van der Waals surface area contributed by atoms with Crippen molar-refractivity contribution in [1.29, 1.82) is 0 Å². The number of aliphatic hydroxyl groups is 6. The van der Waals surface area contributed by atoms with Gasteiger partial charge in [0.25, 0.3) is 0 Å². The summed E-state index contributed by atoms with van der Waals surface area (Å²) in [6.07, 6.45) is -10.6. The summed E-state index contributed by atoms with van der Waals surface area (Å²) < 4.78 is 15.0. The van der Waals surface area contributed by atoms with Crippen LogP contribution in [-0.2, 0) is 14.2 Å². The summed E-state index contributed by atoms with van der Waals surface area (Å²) in [5.74, 6) is 0. The molecular formula is C10H18O9. The zero-order valence-corrected chi connectivity index (χ0v) is 9.94. The van der Waals surface area contributed by atoms with Crippen molar-refractivity contribution in [2.24, 2.45) is 0 Å². The van der Waals surface area contributed by atoms with Crippen molar-refractivity contribution in [3.8, 4) is 0 Å². The van der Waals surface area contributed by atoms with E-state index >= 15 is 0 Å². The van der Waals surface area contributed by atoms with Crippen LogP contribution in [0.15, 0.2) is 0 Å². The lowest BCUT2D eigenvalue weighted by Gasteiger charge is -2.36.